The van der Waals surface area contributed by atoms with Crippen LogP contribution in [-0.4, -0.2) is 49.2 Å². The number of nitrogens with zero attached hydrogens (tertiary/aromatic N) is 3. The maximum absolute atomic E-state index is 5.64. The molecular formula is C14H24N4O. The van der Waals surface area contributed by atoms with E-state index in [9.17, 15) is 0 Å². The van der Waals surface area contributed by atoms with Crippen LogP contribution in [0.5, 0.6) is 0 Å². The number of anilines is 1. The zero-order valence-electron chi connectivity index (χ0n) is 11.9. The van der Waals surface area contributed by atoms with Crippen molar-refractivity contribution in [3.63, 3.8) is 0 Å². The zero-order chi connectivity index (χ0) is 13.2. The summed E-state index contributed by atoms with van der Waals surface area (Å²) in [6.07, 6.45) is 6.88. The molecule has 5 nitrogen and oxygen atoms in total. The van der Waals surface area contributed by atoms with E-state index in [2.05, 4.69) is 34.2 Å². The molecule has 2 fully saturated rings. The Morgan fingerprint density at radius 2 is 2.26 bits per heavy atom. The van der Waals surface area contributed by atoms with Crippen LogP contribution in [0, 0.1) is 0 Å². The molecule has 0 radical (unpaired) electrons. The minimum Gasteiger partial charge on any atom is -0.432 e. The molecule has 1 atom stereocenters. The Morgan fingerprint density at radius 1 is 1.42 bits per heavy atom. The van der Waals surface area contributed by atoms with Crippen molar-refractivity contribution in [3.05, 3.63) is 12.0 Å². The number of oxazole rings is 1. The molecule has 19 heavy (non-hydrogen) atoms. The monoisotopic (exact) mass is 264 g/mol. The van der Waals surface area contributed by atoms with E-state index in [4.69, 9.17) is 4.42 Å². The van der Waals surface area contributed by atoms with Gasteiger partial charge in [-0.25, -0.2) is 0 Å². The van der Waals surface area contributed by atoms with E-state index in [1.54, 1.807) is 6.26 Å². The number of nitrogens with one attached hydrogen (secondary N) is 1. The van der Waals surface area contributed by atoms with Gasteiger partial charge < -0.3 is 19.5 Å². The molecule has 0 bridgehead atoms. The summed E-state index contributed by atoms with van der Waals surface area (Å²) >= 11 is 0. The third-order valence-corrected chi connectivity index (χ3v) is 4.09. The van der Waals surface area contributed by atoms with Crippen LogP contribution in [0.4, 0.5) is 6.01 Å². The fourth-order valence-corrected chi connectivity index (χ4v) is 2.61. The van der Waals surface area contributed by atoms with E-state index in [1.807, 2.05) is 0 Å². The zero-order valence-corrected chi connectivity index (χ0v) is 11.9. The molecule has 1 unspecified atom stereocenters. The summed E-state index contributed by atoms with van der Waals surface area (Å²) in [6, 6.07) is 2.11. The van der Waals surface area contributed by atoms with Gasteiger partial charge in [0.15, 0.2) is 0 Å². The van der Waals surface area contributed by atoms with Crippen molar-refractivity contribution in [2.75, 3.05) is 32.1 Å². The number of piperidine rings is 1. The van der Waals surface area contributed by atoms with Gasteiger partial charge in [0.2, 0.25) is 0 Å². The van der Waals surface area contributed by atoms with Gasteiger partial charge in [-0.3, -0.25) is 0 Å². The molecule has 1 aromatic heterocycles. The predicted octanol–water partition coefficient (Wildman–Crippen LogP) is 1.46. The molecule has 0 aromatic carbocycles. The van der Waals surface area contributed by atoms with Crippen molar-refractivity contribution in [1.82, 2.24) is 15.2 Å². The first-order valence-corrected chi connectivity index (χ1v) is 7.31. The van der Waals surface area contributed by atoms with Crippen LogP contribution >= 0.6 is 0 Å². The summed E-state index contributed by atoms with van der Waals surface area (Å²) in [5.74, 6) is 0. The van der Waals surface area contributed by atoms with Crippen LogP contribution in [0.3, 0.4) is 0 Å². The number of hydrogen-bond donors (Lipinski definition) is 1. The SMILES string of the molecule is CN(C)C1CCCN(c2nc(CNC3CC3)co2)C1. The van der Waals surface area contributed by atoms with E-state index < -0.39 is 0 Å². The van der Waals surface area contributed by atoms with Gasteiger partial charge in [0.05, 0.1) is 5.69 Å². The lowest BCUT2D eigenvalue weighted by atomic mass is 10.1. The lowest BCUT2D eigenvalue weighted by Gasteiger charge is -2.35. The summed E-state index contributed by atoms with van der Waals surface area (Å²) in [7, 11) is 4.30. The maximum Gasteiger partial charge on any atom is 0.297 e. The van der Waals surface area contributed by atoms with Crippen LogP contribution in [0.2, 0.25) is 0 Å². The molecule has 1 aliphatic heterocycles. The van der Waals surface area contributed by atoms with Crippen molar-refractivity contribution in [3.8, 4) is 0 Å². The second-order valence-electron chi connectivity index (χ2n) is 5.98. The van der Waals surface area contributed by atoms with Crippen LogP contribution in [-0.2, 0) is 6.54 Å². The molecule has 1 aromatic rings. The quantitative estimate of drug-likeness (QED) is 0.872. The minimum atomic E-state index is 0.605. The Bertz CT molecular complexity index is 413. The lowest BCUT2D eigenvalue weighted by molar-refractivity contribution is 0.253. The highest BCUT2D eigenvalue weighted by atomic mass is 16.4. The topological polar surface area (TPSA) is 44.5 Å². The second-order valence-corrected chi connectivity index (χ2v) is 5.98. The van der Waals surface area contributed by atoms with Crippen molar-refractivity contribution in [2.45, 2.75) is 44.3 Å². The highest BCUT2D eigenvalue weighted by Crippen LogP contribution is 2.22. The number of aromatic nitrogens is 1. The van der Waals surface area contributed by atoms with E-state index in [0.29, 0.717) is 12.1 Å². The largest absolute Gasteiger partial charge is 0.432 e. The van der Waals surface area contributed by atoms with Gasteiger partial charge in [0.1, 0.15) is 6.26 Å². The standard InChI is InChI=1S/C14H24N4O/c1-17(2)13-4-3-7-18(9-13)14-16-12(10-19-14)8-15-11-5-6-11/h10-11,13,15H,3-9H2,1-2H3. The van der Waals surface area contributed by atoms with Crippen molar-refractivity contribution >= 4 is 6.01 Å². The second kappa shape index (κ2) is 5.51. The molecule has 2 aliphatic rings. The highest BCUT2D eigenvalue weighted by Gasteiger charge is 2.25. The Labute approximate surface area is 115 Å². The first kappa shape index (κ1) is 12.9. The summed E-state index contributed by atoms with van der Waals surface area (Å²) < 4.78 is 5.64. The Kier molecular flexibility index (Phi) is 3.75. The smallest absolute Gasteiger partial charge is 0.297 e. The molecule has 2 heterocycles. The van der Waals surface area contributed by atoms with Gasteiger partial charge >= 0.3 is 0 Å². The van der Waals surface area contributed by atoms with Gasteiger partial charge in [-0.2, -0.15) is 4.98 Å². The average Bonchev–Trinajstić information content (AvgIpc) is 3.13. The van der Waals surface area contributed by atoms with E-state index in [-0.39, 0.29) is 0 Å². The summed E-state index contributed by atoms with van der Waals surface area (Å²) in [6.45, 7) is 2.91. The average molecular weight is 264 g/mol. The van der Waals surface area contributed by atoms with Crippen molar-refractivity contribution < 1.29 is 4.42 Å². The molecule has 3 rings (SSSR count). The third-order valence-electron chi connectivity index (χ3n) is 4.09. The number of hydrogen-bond acceptors (Lipinski definition) is 5. The molecule has 0 amide bonds. The van der Waals surface area contributed by atoms with E-state index in [1.165, 1.54) is 25.7 Å². The Hall–Kier alpha value is -1.07. The lowest BCUT2D eigenvalue weighted by Crippen LogP contribution is -2.45. The van der Waals surface area contributed by atoms with Crippen molar-refractivity contribution in [1.29, 1.82) is 0 Å². The molecule has 0 spiro atoms. The first-order chi connectivity index (χ1) is 9.22. The number of rotatable bonds is 5. The molecule has 1 N–H and O–H groups in total. The van der Waals surface area contributed by atoms with Gasteiger partial charge in [-0.15, -0.1) is 0 Å². The predicted molar refractivity (Wildman–Crippen MR) is 75.3 cm³/mol. The van der Waals surface area contributed by atoms with Crippen LogP contribution in [0.1, 0.15) is 31.4 Å². The summed E-state index contributed by atoms with van der Waals surface area (Å²) in [4.78, 5) is 9.17. The van der Waals surface area contributed by atoms with Gasteiger partial charge in [-0.1, -0.05) is 0 Å². The van der Waals surface area contributed by atoms with Gasteiger partial charge in [-0.05, 0) is 39.8 Å². The first-order valence-electron chi connectivity index (χ1n) is 7.31. The Balaban J connectivity index is 1.57. The summed E-state index contributed by atoms with van der Waals surface area (Å²) in [5.41, 5.74) is 1.02. The molecule has 1 saturated carbocycles. The maximum atomic E-state index is 5.64. The van der Waals surface area contributed by atoms with E-state index >= 15 is 0 Å². The normalized spacial score (nSPS) is 24.2. The van der Waals surface area contributed by atoms with Crippen molar-refractivity contribution in [2.24, 2.45) is 0 Å². The van der Waals surface area contributed by atoms with Crippen LogP contribution in [0.25, 0.3) is 0 Å². The fourth-order valence-electron chi connectivity index (χ4n) is 2.61. The Morgan fingerprint density at radius 3 is 3.00 bits per heavy atom. The molecule has 1 aliphatic carbocycles. The fraction of sp³-hybridized carbons (Fsp3) is 0.786. The number of likely N-dealkylation sites (N-methyl/N-ethyl adjacent to an activating group) is 1. The minimum absolute atomic E-state index is 0.605. The molecule has 1 saturated heterocycles. The van der Waals surface area contributed by atoms with E-state index in [0.717, 1.165) is 31.3 Å². The summed E-state index contributed by atoms with van der Waals surface area (Å²) in [5, 5.41) is 3.47. The van der Waals surface area contributed by atoms with Crippen LogP contribution < -0.4 is 10.2 Å². The molecular weight excluding hydrogens is 240 g/mol. The molecule has 106 valence electrons. The molecule has 5 heteroatoms. The van der Waals surface area contributed by atoms with Gasteiger partial charge in [0.25, 0.3) is 6.01 Å². The third kappa shape index (κ3) is 3.28. The van der Waals surface area contributed by atoms with Crippen LogP contribution in [0.15, 0.2) is 10.7 Å². The van der Waals surface area contributed by atoms with Gasteiger partial charge in [0, 0.05) is 31.7 Å². The highest BCUT2D eigenvalue weighted by molar-refractivity contribution is 5.28.